The van der Waals surface area contributed by atoms with Crippen molar-refractivity contribution in [2.75, 3.05) is 11.9 Å². The van der Waals surface area contributed by atoms with Gasteiger partial charge in [0.1, 0.15) is 17.7 Å². The number of alkyl carbamates (subject to hydrolysis) is 1. The zero-order valence-corrected chi connectivity index (χ0v) is 25.9. The summed E-state index contributed by atoms with van der Waals surface area (Å²) in [5, 5.41) is 5.92. The molecule has 2 aromatic rings. The summed E-state index contributed by atoms with van der Waals surface area (Å²) in [7, 11) is 0. The summed E-state index contributed by atoms with van der Waals surface area (Å²) >= 11 is 6.43. The van der Waals surface area contributed by atoms with Gasteiger partial charge in [-0.2, -0.15) is 0 Å². The first-order valence-electron chi connectivity index (χ1n) is 13.9. The lowest BCUT2D eigenvalue weighted by molar-refractivity contribution is -0.141. The Hall–Kier alpha value is -3.59. The highest BCUT2D eigenvalue weighted by Gasteiger charge is 2.37. The molecule has 2 unspecified atom stereocenters. The summed E-state index contributed by atoms with van der Waals surface area (Å²) in [5.41, 5.74) is 8.26. The maximum Gasteiger partial charge on any atom is 0.408 e. The third-order valence-corrected chi connectivity index (χ3v) is 6.77. The Morgan fingerprint density at radius 1 is 1.05 bits per heavy atom. The number of rotatable bonds is 12. The molecule has 0 heterocycles. The van der Waals surface area contributed by atoms with Gasteiger partial charge in [-0.1, -0.05) is 60.8 Å². The van der Waals surface area contributed by atoms with E-state index in [0.717, 1.165) is 23.1 Å². The minimum absolute atomic E-state index is 0.0547. The molecule has 0 bridgehead atoms. The Kier molecular flexibility index (Phi) is 12.2. The van der Waals surface area contributed by atoms with Crippen molar-refractivity contribution >= 4 is 41.1 Å². The Balaban J connectivity index is 2.62. The zero-order valence-electron chi connectivity index (χ0n) is 25.1. The third kappa shape index (κ3) is 10.1. The maximum atomic E-state index is 14.2. The second-order valence-corrected chi connectivity index (χ2v) is 11.7. The van der Waals surface area contributed by atoms with Gasteiger partial charge >= 0.3 is 6.09 Å². The number of nitrogens with one attached hydrogen (secondary N) is 2. The number of anilines is 1. The molecule has 4 N–H and O–H groups in total. The lowest BCUT2D eigenvalue weighted by atomic mass is 9.95. The van der Waals surface area contributed by atoms with Gasteiger partial charge < -0.3 is 26.0 Å². The van der Waals surface area contributed by atoms with Gasteiger partial charge in [0, 0.05) is 13.0 Å². The molecule has 2 rings (SSSR count). The monoisotopic (exact) mass is 586 g/mol. The first kappa shape index (κ1) is 33.6. The molecule has 2 aromatic carbocycles. The molecule has 4 amide bonds. The van der Waals surface area contributed by atoms with E-state index in [4.69, 9.17) is 22.1 Å². The average molecular weight is 587 g/mol. The van der Waals surface area contributed by atoms with E-state index in [2.05, 4.69) is 10.6 Å². The van der Waals surface area contributed by atoms with Crippen molar-refractivity contribution in [3.8, 4) is 0 Å². The van der Waals surface area contributed by atoms with Crippen LogP contribution in [0.5, 0.6) is 0 Å². The number of halogens is 1. The molecule has 224 valence electrons. The van der Waals surface area contributed by atoms with E-state index in [1.165, 1.54) is 4.90 Å². The van der Waals surface area contributed by atoms with E-state index >= 15 is 0 Å². The highest BCUT2D eigenvalue weighted by molar-refractivity contribution is 6.34. The molecule has 10 heteroatoms. The Bertz CT molecular complexity index is 1240. The molecular formula is C31H43ClN4O5. The molecule has 0 spiro atoms. The van der Waals surface area contributed by atoms with Crippen molar-refractivity contribution in [2.45, 2.75) is 91.8 Å². The van der Waals surface area contributed by atoms with Crippen LogP contribution in [0.15, 0.2) is 36.4 Å². The first-order chi connectivity index (χ1) is 19.1. The number of nitrogens with zero attached hydrogens (tertiary/aromatic N) is 1. The van der Waals surface area contributed by atoms with Crippen molar-refractivity contribution < 1.29 is 23.9 Å². The third-order valence-electron chi connectivity index (χ3n) is 6.45. The van der Waals surface area contributed by atoms with Gasteiger partial charge in [0.25, 0.3) is 5.91 Å². The van der Waals surface area contributed by atoms with E-state index in [-0.39, 0.29) is 19.4 Å². The normalized spacial score (nSPS) is 12.7. The van der Waals surface area contributed by atoms with E-state index < -0.39 is 41.5 Å². The summed E-state index contributed by atoms with van der Waals surface area (Å²) in [6.45, 7) is 13.0. The van der Waals surface area contributed by atoms with Gasteiger partial charge in [-0.3, -0.25) is 14.4 Å². The van der Waals surface area contributed by atoms with Gasteiger partial charge in [0.15, 0.2) is 0 Å². The van der Waals surface area contributed by atoms with Crippen molar-refractivity contribution in [1.29, 1.82) is 0 Å². The average Bonchev–Trinajstić information content (AvgIpc) is 2.85. The van der Waals surface area contributed by atoms with Gasteiger partial charge in [-0.25, -0.2) is 4.79 Å². The van der Waals surface area contributed by atoms with Gasteiger partial charge in [0.05, 0.1) is 10.7 Å². The highest BCUT2D eigenvalue weighted by Crippen LogP contribution is 2.31. The first-order valence-corrected chi connectivity index (χ1v) is 14.2. The minimum Gasteiger partial charge on any atom is -0.444 e. The maximum absolute atomic E-state index is 14.2. The number of aryl methyl sites for hydroxylation is 3. The zero-order chi connectivity index (χ0) is 30.9. The highest BCUT2D eigenvalue weighted by atomic mass is 35.5. The van der Waals surface area contributed by atoms with Gasteiger partial charge in [-0.15, -0.1) is 0 Å². The predicted octanol–water partition coefficient (Wildman–Crippen LogP) is 5.73. The molecule has 9 nitrogen and oxygen atoms in total. The van der Waals surface area contributed by atoms with Crippen LogP contribution in [0, 0.1) is 20.8 Å². The molecule has 0 saturated carbocycles. The number of amides is 4. The standard InChI is InChI=1S/C31H43ClN4O5/c1-8-9-17-36(29(39)24(15-16-25(33)37)34-30(40)41-31(5,6)7)27(22-14-13-19(2)18-21(22)4)28(38)35-26-20(3)11-10-12-23(26)32/h10-14,18,24,27H,8-9,15-17H2,1-7H3,(H2,33,37)(H,34,40)(H,35,38). The smallest absolute Gasteiger partial charge is 0.408 e. The van der Waals surface area contributed by atoms with Crippen LogP contribution in [-0.4, -0.2) is 46.9 Å². The Morgan fingerprint density at radius 3 is 2.29 bits per heavy atom. The van der Waals surface area contributed by atoms with Crippen LogP contribution in [0.3, 0.4) is 0 Å². The molecule has 0 aliphatic heterocycles. The minimum atomic E-state index is -1.16. The molecule has 2 atom stereocenters. The van der Waals surface area contributed by atoms with Crippen molar-refractivity contribution in [1.82, 2.24) is 10.2 Å². The Labute approximate surface area is 248 Å². The molecule has 0 radical (unpaired) electrons. The van der Waals surface area contributed by atoms with E-state index in [0.29, 0.717) is 22.7 Å². The summed E-state index contributed by atoms with van der Waals surface area (Å²) in [6, 6.07) is 8.76. The second kappa shape index (κ2) is 14.9. The summed E-state index contributed by atoms with van der Waals surface area (Å²) < 4.78 is 5.39. The predicted molar refractivity (Wildman–Crippen MR) is 162 cm³/mol. The molecule has 0 saturated heterocycles. The van der Waals surface area contributed by atoms with Crippen LogP contribution in [0.1, 0.15) is 81.7 Å². The van der Waals surface area contributed by atoms with Crippen molar-refractivity contribution in [3.05, 3.63) is 63.7 Å². The second-order valence-electron chi connectivity index (χ2n) is 11.3. The van der Waals surface area contributed by atoms with Crippen molar-refractivity contribution in [2.24, 2.45) is 5.73 Å². The van der Waals surface area contributed by atoms with E-state index in [1.54, 1.807) is 32.9 Å². The number of ether oxygens (including phenoxy) is 1. The molecule has 41 heavy (non-hydrogen) atoms. The quantitative estimate of drug-likeness (QED) is 0.292. The summed E-state index contributed by atoms with van der Waals surface area (Å²) in [5.74, 6) is -1.60. The lowest BCUT2D eigenvalue weighted by Gasteiger charge is -2.35. The molecule has 0 fully saturated rings. The number of hydrogen-bond donors (Lipinski definition) is 3. The largest absolute Gasteiger partial charge is 0.444 e. The number of benzene rings is 2. The number of para-hydroxylation sites is 1. The fourth-order valence-electron chi connectivity index (χ4n) is 4.45. The van der Waals surface area contributed by atoms with Crippen LogP contribution in [0.4, 0.5) is 10.5 Å². The molecule has 0 aliphatic rings. The molecule has 0 aromatic heterocycles. The number of carbonyl (C=O) groups excluding carboxylic acids is 4. The van der Waals surface area contributed by atoms with Crippen LogP contribution >= 0.6 is 11.6 Å². The van der Waals surface area contributed by atoms with Crippen LogP contribution in [0.2, 0.25) is 5.02 Å². The number of unbranched alkanes of at least 4 members (excludes halogenated alkanes) is 1. The number of nitrogens with two attached hydrogens (primary N) is 1. The van der Waals surface area contributed by atoms with Gasteiger partial charge in [-0.05, 0) is 77.1 Å². The topological polar surface area (TPSA) is 131 Å². The fourth-order valence-corrected chi connectivity index (χ4v) is 4.72. The molecular weight excluding hydrogens is 544 g/mol. The van der Waals surface area contributed by atoms with Crippen LogP contribution in [-0.2, 0) is 19.1 Å². The van der Waals surface area contributed by atoms with Crippen LogP contribution < -0.4 is 16.4 Å². The number of primary amides is 1. The summed E-state index contributed by atoms with van der Waals surface area (Å²) in [4.78, 5) is 54.2. The van der Waals surface area contributed by atoms with E-state index in [1.807, 2.05) is 52.0 Å². The van der Waals surface area contributed by atoms with E-state index in [9.17, 15) is 19.2 Å². The number of hydrogen-bond acceptors (Lipinski definition) is 5. The fraction of sp³-hybridized carbons (Fsp3) is 0.484. The SMILES string of the molecule is CCCCN(C(=O)C(CCC(N)=O)NC(=O)OC(C)(C)C)C(C(=O)Nc1c(C)cccc1Cl)c1ccc(C)cc1C. The summed E-state index contributed by atoms with van der Waals surface area (Å²) in [6.07, 6.45) is 0.337. The number of carbonyl (C=O) groups is 4. The van der Waals surface area contributed by atoms with Gasteiger partial charge in [0.2, 0.25) is 11.8 Å². The van der Waals surface area contributed by atoms with Crippen LogP contribution in [0.25, 0.3) is 0 Å². The molecule has 0 aliphatic carbocycles. The Morgan fingerprint density at radius 2 is 1.73 bits per heavy atom. The van der Waals surface area contributed by atoms with Crippen molar-refractivity contribution in [3.63, 3.8) is 0 Å². The lowest BCUT2D eigenvalue weighted by Crippen LogP contribution is -2.53.